The van der Waals surface area contributed by atoms with Crippen molar-refractivity contribution in [3.05, 3.63) is 95.1 Å². The van der Waals surface area contributed by atoms with Gasteiger partial charge in [-0.15, -0.1) is 11.8 Å². The predicted molar refractivity (Wildman–Crippen MR) is 155 cm³/mol. The van der Waals surface area contributed by atoms with Gasteiger partial charge in [0.2, 0.25) is 5.88 Å². The Morgan fingerprint density at radius 1 is 1.00 bits per heavy atom. The molecule has 1 aromatic heterocycles. The number of ether oxygens (including phenoxy) is 2. The molecule has 0 saturated heterocycles. The molecule has 1 N–H and O–H groups in total. The third-order valence-electron chi connectivity index (χ3n) is 8.39. The summed E-state index contributed by atoms with van der Waals surface area (Å²) in [5.74, 6) is 1.91. The Morgan fingerprint density at radius 2 is 1.74 bits per heavy atom. The second-order valence-corrected chi connectivity index (χ2v) is 17.4. The molecule has 2 aliphatic rings. The van der Waals surface area contributed by atoms with Crippen molar-refractivity contribution in [3.8, 4) is 17.4 Å². The van der Waals surface area contributed by atoms with E-state index < -0.39 is 13.7 Å². The van der Waals surface area contributed by atoms with E-state index in [2.05, 4.69) is 93.9 Å². The van der Waals surface area contributed by atoms with Crippen molar-refractivity contribution in [1.29, 1.82) is 0 Å². The number of rotatable bonds is 4. The molecule has 0 unspecified atom stereocenters. The van der Waals surface area contributed by atoms with Crippen LogP contribution in [0.2, 0.25) is 19.6 Å². The zero-order valence-electron chi connectivity index (χ0n) is 23.4. The molecule has 1 aliphatic heterocycles. The molecular weight excluding hydrogens is 682 g/mol. The van der Waals surface area contributed by atoms with Crippen LogP contribution in [0.25, 0.3) is 16.7 Å². The van der Waals surface area contributed by atoms with E-state index in [9.17, 15) is 5.11 Å². The van der Waals surface area contributed by atoms with Crippen LogP contribution in [0.4, 0.5) is 0 Å². The summed E-state index contributed by atoms with van der Waals surface area (Å²) in [7, 11) is -1.71. The number of hydrogen-bond donors (Lipinski definition) is 1. The molecule has 2 atom stereocenters. The second kappa shape index (κ2) is 9.35. The average molecular weight is 715 g/mol. The van der Waals surface area contributed by atoms with Crippen molar-refractivity contribution >= 4 is 29.9 Å². The van der Waals surface area contributed by atoms with Gasteiger partial charge in [-0.25, -0.2) is 11.1 Å². The Balaban J connectivity index is 0.00000308. The number of aromatic nitrogens is 1. The number of nitrogens with zero attached hydrogens (tertiary/aromatic N) is 1. The normalized spacial score (nSPS) is 21.0. The van der Waals surface area contributed by atoms with E-state index in [0.717, 1.165) is 22.3 Å². The number of phenolic OH excluding ortho intramolecular Hbond substituents is 1. The Morgan fingerprint density at radius 3 is 2.49 bits per heavy atom. The van der Waals surface area contributed by atoms with Crippen molar-refractivity contribution in [3.63, 3.8) is 0 Å². The van der Waals surface area contributed by atoms with Crippen LogP contribution in [-0.4, -0.2) is 23.8 Å². The largest absolute Gasteiger partial charge is 2.00 e. The quantitative estimate of drug-likeness (QED) is 0.177. The maximum atomic E-state index is 10.4. The van der Waals surface area contributed by atoms with E-state index in [1.807, 2.05) is 25.1 Å². The Labute approximate surface area is 246 Å². The van der Waals surface area contributed by atoms with E-state index in [1.54, 1.807) is 6.07 Å². The monoisotopic (exact) mass is 714 g/mol. The summed E-state index contributed by atoms with van der Waals surface area (Å²) < 4.78 is 13.1. The summed E-state index contributed by atoms with van der Waals surface area (Å²) in [6, 6.07) is 23.8. The number of fused-ring (bicyclic) bond motifs is 4. The van der Waals surface area contributed by atoms with Gasteiger partial charge in [0.1, 0.15) is 11.3 Å². The zero-order chi connectivity index (χ0) is 27.0. The molecule has 0 saturated carbocycles. The van der Waals surface area contributed by atoms with Crippen LogP contribution >= 0.6 is 0 Å². The van der Waals surface area contributed by atoms with Crippen LogP contribution in [0.15, 0.2) is 60.7 Å². The van der Waals surface area contributed by atoms with Gasteiger partial charge in [0.15, 0.2) is 0 Å². The van der Waals surface area contributed by atoms with Gasteiger partial charge in [0.25, 0.3) is 0 Å². The van der Waals surface area contributed by atoms with Crippen molar-refractivity contribution in [1.82, 2.24) is 4.98 Å². The van der Waals surface area contributed by atoms with E-state index in [0.29, 0.717) is 17.1 Å². The fourth-order valence-corrected chi connectivity index (χ4v) is 6.96. The number of aryl methyl sites for hydroxylation is 1. The van der Waals surface area contributed by atoms with Gasteiger partial charge in [-0.3, -0.25) is 11.6 Å². The minimum atomic E-state index is -1.71. The first-order chi connectivity index (χ1) is 17.9. The van der Waals surface area contributed by atoms with Gasteiger partial charge >= 0.3 is 21.1 Å². The predicted octanol–water partition coefficient (Wildman–Crippen LogP) is 7.39. The fourth-order valence-electron chi connectivity index (χ4n) is 5.82. The van der Waals surface area contributed by atoms with Crippen molar-refractivity contribution < 1.29 is 35.6 Å². The number of pyridine rings is 1. The van der Waals surface area contributed by atoms with E-state index in [-0.39, 0.29) is 38.1 Å². The minimum Gasteiger partial charge on any atom is -0.568 e. The molecule has 4 aromatic rings. The summed E-state index contributed by atoms with van der Waals surface area (Å²) in [5, 5.41) is 12.6. The smallest absolute Gasteiger partial charge is 0.568 e. The van der Waals surface area contributed by atoms with Crippen LogP contribution in [-0.2, 0) is 31.2 Å². The van der Waals surface area contributed by atoms with Gasteiger partial charge < -0.3 is 14.6 Å². The Kier molecular flexibility index (Phi) is 6.63. The average Bonchev–Trinajstić information content (AvgIpc) is 3.29. The standard InChI is InChI=1S/C33H33NO3Si.Pt/c1-20-14-21-12-13-30(34-31(21)28(35)15-20)36-23-16-22(17-24(18-23)38(5,6)7)29-19-27-25-10-8-9-11-26(25)32(2,3)33(27,4)37-29;/h8-15,17-18,27,35H,1-7H3;/q-2;+2/t27-,33+;/m0./s1. The molecule has 2 heterocycles. The van der Waals surface area contributed by atoms with Crippen LogP contribution in [0.1, 0.15) is 48.9 Å². The van der Waals surface area contributed by atoms with Crippen molar-refractivity contribution in [2.45, 2.75) is 64.3 Å². The minimum absolute atomic E-state index is 0. The van der Waals surface area contributed by atoms with Gasteiger partial charge in [-0.05, 0) is 49.1 Å². The molecule has 4 nitrogen and oxygen atoms in total. The van der Waals surface area contributed by atoms with E-state index >= 15 is 0 Å². The van der Waals surface area contributed by atoms with E-state index in [4.69, 9.17) is 9.47 Å². The van der Waals surface area contributed by atoms with Gasteiger partial charge in [-0.2, -0.15) is 11.3 Å². The molecule has 0 fully saturated rings. The Hall–Kier alpha value is -2.88. The van der Waals surface area contributed by atoms with Crippen LogP contribution in [0.5, 0.6) is 17.4 Å². The molecule has 0 spiro atoms. The van der Waals surface area contributed by atoms with E-state index in [1.165, 1.54) is 16.3 Å². The van der Waals surface area contributed by atoms with Gasteiger partial charge in [0, 0.05) is 22.6 Å². The van der Waals surface area contributed by atoms with Crippen LogP contribution < -0.4 is 9.92 Å². The molecule has 3 aromatic carbocycles. The Bertz CT molecular complexity index is 1640. The second-order valence-electron chi connectivity index (χ2n) is 12.3. The summed E-state index contributed by atoms with van der Waals surface area (Å²) >= 11 is 0. The molecule has 0 bridgehead atoms. The molecule has 1 aliphatic carbocycles. The number of aromatic hydroxyl groups is 1. The molecule has 202 valence electrons. The summed E-state index contributed by atoms with van der Waals surface area (Å²) in [6.45, 7) is 15.6. The number of benzene rings is 3. The van der Waals surface area contributed by atoms with Gasteiger partial charge in [-0.1, -0.05) is 63.3 Å². The van der Waals surface area contributed by atoms with Crippen LogP contribution in [0, 0.1) is 19.1 Å². The molecule has 39 heavy (non-hydrogen) atoms. The van der Waals surface area contributed by atoms with Crippen molar-refractivity contribution in [2.75, 3.05) is 0 Å². The van der Waals surface area contributed by atoms with Crippen LogP contribution in [0.3, 0.4) is 0 Å². The first-order valence-electron chi connectivity index (χ1n) is 13.2. The number of hydrogen-bond acceptors (Lipinski definition) is 4. The topological polar surface area (TPSA) is 51.6 Å². The fraction of sp³-hybridized carbons (Fsp3) is 0.303. The number of phenols is 1. The maximum Gasteiger partial charge on any atom is 2.00 e. The zero-order valence-corrected chi connectivity index (χ0v) is 26.7. The molecule has 0 radical (unpaired) electrons. The molecule has 6 heteroatoms. The third-order valence-corrected chi connectivity index (χ3v) is 10.4. The summed E-state index contributed by atoms with van der Waals surface area (Å²) in [5.41, 5.74) is 4.35. The maximum absolute atomic E-state index is 10.4. The van der Waals surface area contributed by atoms with Gasteiger partial charge in [0.05, 0.1) is 13.7 Å². The van der Waals surface area contributed by atoms with Crippen molar-refractivity contribution in [2.24, 2.45) is 0 Å². The molecular formula is C33H33NO3PtSi. The summed E-state index contributed by atoms with van der Waals surface area (Å²) in [4.78, 5) is 4.60. The first kappa shape index (κ1) is 27.7. The third kappa shape index (κ3) is 4.44. The first-order valence-corrected chi connectivity index (χ1v) is 16.7. The SMILES string of the molecule is Cc1cc(O)c2nc(Oc3[c-]c(C4=[C-][C@H]5c6ccccc6C(C)(C)[C@]5(C)O4)cc([Si](C)(C)C)c3)ccc2c1.[Pt+2]. The summed E-state index contributed by atoms with van der Waals surface area (Å²) in [6.07, 6.45) is 3.70. The molecule has 6 rings (SSSR count). The molecule has 0 amide bonds.